The van der Waals surface area contributed by atoms with Crippen LogP contribution in [0.25, 0.3) is 0 Å². The van der Waals surface area contributed by atoms with Crippen LogP contribution in [0.4, 0.5) is 4.79 Å². The number of thiazole rings is 1. The largest absolute Gasteiger partial charge is 0.443 e. The highest BCUT2D eigenvalue weighted by molar-refractivity contribution is 7.12. The van der Waals surface area contributed by atoms with Gasteiger partial charge in [-0.3, -0.25) is 5.43 Å². The number of ether oxygens (including phenoxy) is 1. The summed E-state index contributed by atoms with van der Waals surface area (Å²) in [6, 6.07) is 4.03. The number of hydrazine groups is 1. The van der Waals surface area contributed by atoms with E-state index in [1.165, 1.54) is 4.88 Å². The van der Waals surface area contributed by atoms with Crippen molar-refractivity contribution in [1.29, 1.82) is 0 Å². The molecule has 102 valence electrons. The number of nitrogens with one attached hydrogen (secondary N) is 1. The van der Waals surface area contributed by atoms with Gasteiger partial charge in [-0.1, -0.05) is 0 Å². The number of amides is 1. The predicted molar refractivity (Wildman–Crippen MR) is 76.1 cm³/mol. The fourth-order valence-electron chi connectivity index (χ4n) is 1.59. The van der Waals surface area contributed by atoms with Crippen molar-refractivity contribution in [3.63, 3.8) is 0 Å². The number of hydrogen-bond acceptors (Lipinski definition) is 6. The first-order chi connectivity index (χ1) is 9.17. The fourth-order valence-corrected chi connectivity index (χ4v) is 3.16. The van der Waals surface area contributed by atoms with Crippen molar-refractivity contribution >= 4 is 28.8 Å². The highest BCUT2D eigenvalue weighted by Gasteiger charge is 2.05. The second kappa shape index (κ2) is 6.65. The van der Waals surface area contributed by atoms with Gasteiger partial charge in [0, 0.05) is 15.1 Å². The SMILES string of the molecule is Cc1nc(CCc2ccc(COC(=O)NN)s2)cs1. The third-order valence-corrected chi connectivity index (χ3v) is 4.42. The Morgan fingerprint density at radius 3 is 2.89 bits per heavy atom. The smallest absolute Gasteiger partial charge is 0.421 e. The number of hydrogen-bond donors (Lipinski definition) is 2. The average molecular weight is 297 g/mol. The maximum Gasteiger partial charge on any atom is 0.421 e. The Labute approximate surface area is 119 Å². The molecule has 0 spiro atoms. The molecule has 0 unspecified atom stereocenters. The Balaban J connectivity index is 1.82. The molecule has 0 saturated heterocycles. The molecule has 1 amide bonds. The number of rotatable bonds is 5. The van der Waals surface area contributed by atoms with Crippen LogP contribution in [0.1, 0.15) is 20.5 Å². The summed E-state index contributed by atoms with van der Waals surface area (Å²) in [5.41, 5.74) is 3.06. The van der Waals surface area contributed by atoms with Gasteiger partial charge in [-0.25, -0.2) is 15.6 Å². The molecule has 2 aromatic rings. The number of nitrogens with zero attached hydrogens (tertiary/aromatic N) is 1. The number of carbonyl (C=O) groups excluding carboxylic acids is 1. The van der Waals surface area contributed by atoms with Crippen LogP contribution in [0, 0.1) is 6.92 Å². The van der Waals surface area contributed by atoms with Gasteiger partial charge in [-0.05, 0) is 31.9 Å². The molecule has 0 aromatic carbocycles. The van der Waals surface area contributed by atoms with E-state index in [1.54, 1.807) is 22.7 Å². The van der Waals surface area contributed by atoms with Crippen LogP contribution >= 0.6 is 22.7 Å². The van der Waals surface area contributed by atoms with Crippen LogP contribution in [-0.2, 0) is 24.2 Å². The van der Waals surface area contributed by atoms with E-state index >= 15 is 0 Å². The molecule has 0 atom stereocenters. The van der Waals surface area contributed by atoms with Crippen LogP contribution in [-0.4, -0.2) is 11.1 Å². The van der Waals surface area contributed by atoms with Gasteiger partial charge >= 0.3 is 6.09 Å². The first kappa shape index (κ1) is 14.0. The van der Waals surface area contributed by atoms with Crippen LogP contribution in [0.2, 0.25) is 0 Å². The lowest BCUT2D eigenvalue weighted by Crippen LogP contribution is -2.30. The minimum Gasteiger partial charge on any atom is -0.443 e. The van der Waals surface area contributed by atoms with Crippen molar-refractivity contribution in [2.24, 2.45) is 5.84 Å². The normalized spacial score (nSPS) is 10.4. The molecule has 2 aromatic heterocycles. The van der Waals surface area contributed by atoms with Crippen LogP contribution in [0.3, 0.4) is 0 Å². The van der Waals surface area contributed by atoms with E-state index < -0.39 is 6.09 Å². The summed E-state index contributed by atoms with van der Waals surface area (Å²) in [6.07, 6.45) is 1.28. The summed E-state index contributed by atoms with van der Waals surface area (Å²) in [7, 11) is 0. The molecule has 2 rings (SSSR count). The molecule has 2 heterocycles. The summed E-state index contributed by atoms with van der Waals surface area (Å²) in [5.74, 6) is 4.93. The van der Waals surface area contributed by atoms with E-state index in [9.17, 15) is 4.79 Å². The topological polar surface area (TPSA) is 77.2 Å². The van der Waals surface area contributed by atoms with E-state index in [0.717, 1.165) is 28.4 Å². The van der Waals surface area contributed by atoms with E-state index in [0.29, 0.717) is 0 Å². The second-order valence-corrected chi connectivity index (χ2v) is 6.26. The van der Waals surface area contributed by atoms with Crippen LogP contribution in [0.5, 0.6) is 0 Å². The summed E-state index contributed by atoms with van der Waals surface area (Å²) in [4.78, 5) is 17.5. The average Bonchev–Trinajstić information content (AvgIpc) is 3.02. The Morgan fingerprint density at radius 2 is 2.21 bits per heavy atom. The highest BCUT2D eigenvalue weighted by Crippen LogP contribution is 2.20. The van der Waals surface area contributed by atoms with E-state index in [4.69, 9.17) is 10.6 Å². The van der Waals surface area contributed by atoms with Crippen LogP contribution in [0.15, 0.2) is 17.5 Å². The fraction of sp³-hybridized carbons (Fsp3) is 0.333. The summed E-state index contributed by atoms with van der Waals surface area (Å²) < 4.78 is 4.88. The quantitative estimate of drug-likeness (QED) is 0.505. The molecule has 0 aliphatic heterocycles. The second-order valence-electron chi connectivity index (χ2n) is 3.95. The van der Waals surface area contributed by atoms with Crippen molar-refractivity contribution in [2.75, 3.05) is 0 Å². The summed E-state index contributed by atoms with van der Waals surface area (Å²) >= 11 is 3.32. The van der Waals surface area contributed by atoms with E-state index in [2.05, 4.69) is 16.4 Å². The van der Waals surface area contributed by atoms with Gasteiger partial charge in [-0.2, -0.15) is 0 Å². The monoisotopic (exact) mass is 297 g/mol. The Morgan fingerprint density at radius 1 is 1.42 bits per heavy atom. The lowest BCUT2D eigenvalue weighted by atomic mass is 10.2. The Hall–Kier alpha value is -1.44. The zero-order chi connectivity index (χ0) is 13.7. The highest BCUT2D eigenvalue weighted by atomic mass is 32.1. The van der Waals surface area contributed by atoms with Gasteiger partial charge < -0.3 is 4.74 Å². The van der Waals surface area contributed by atoms with Gasteiger partial charge in [0.25, 0.3) is 0 Å². The third kappa shape index (κ3) is 4.30. The third-order valence-electron chi connectivity index (χ3n) is 2.47. The molecule has 3 N–H and O–H groups in total. The van der Waals surface area contributed by atoms with Crippen molar-refractivity contribution in [2.45, 2.75) is 26.4 Å². The molecule has 0 fully saturated rings. The van der Waals surface area contributed by atoms with Crippen LogP contribution < -0.4 is 11.3 Å². The molecule has 0 saturated carbocycles. The van der Waals surface area contributed by atoms with E-state index in [-0.39, 0.29) is 6.61 Å². The zero-order valence-corrected chi connectivity index (χ0v) is 12.1. The van der Waals surface area contributed by atoms with Gasteiger partial charge in [-0.15, -0.1) is 22.7 Å². The maximum atomic E-state index is 10.8. The molecule has 5 nitrogen and oxygen atoms in total. The van der Waals surface area contributed by atoms with Crippen molar-refractivity contribution in [3.05, 3.63) is 38.0 Å². The molecular formula is C12H15N3O2S2. The summed E-state index contributed by atoms with van der Waals surface area (Å²) in [6.45, 7) is 2.26. The molecule has 0 aliphatic rings. The Bertz CT molecular complexity index is 551. The number of aryl methyl sites for hydroxylation is 3. The van der Waals surface area contributed by atoms with Crippen molar-refractivity contribution in [1.82, 2.24) is 10.4 Å². The number of thiophene rings is 1. The molecule has 0 aliphatic carbocycles. The van der Waals surface area contributed by atoms with E-state index in [1.807, 2.05) is 18.4 Å². The first-order valence-electron chi connectivity index (χ1n) is 5.79. The minimum absolute atomic E-state index is 0.253. The zero-order valence-electron chi connectivity index (χ0n) is 10.5. The van der Waals surface area contributed by atoms with Gasteiger partial charge in [0.05, 0.1) is 10.7 Å². The van der Waals surface area contributed by atoms with Gasteiger partial charge in [0.1, 0.15) is 6.61 Å². The number of nitrogens with two attached hydrogens (primary N) is 1. The molecule has 0 radical (unpaired) electrons. The standard InChI is InChI=1S/C12H15N3O2S2/c1-8-14-9(7-18-8)2-3-10-4-5-11(19-10)6-17-12(16)15-13/h4-5,7H,2-3,6,13H2,1H3,(H,15,16). The lowest BCUT2D eigenvalue weighted by Gasteiger charge is -2.00. The maximum absolute atomic E-state index is 10.8. The molecular weight excluding hydrogens is 282 g/mol. The van der Waals surface area contributed by atoms with Gasteiger partial charge in [0.15, 0.2) is 0 Å². The predicted octanol–water partition coefficient (Wildman–Crippen LogP) is 2.40. The number of carbonyl (C=O) groups is 1. The number of aromatic nitrogens is 1. The Kier molecular flexibility index (Phi) is 4.89. The molecule has 19 heavy (non-hydrogen) atoms. The molecule has 0 bridgehead atoms. The molecule has 7 heteroatoms. The lowest BCUT2D eigenvalue weighted by molar-refractivity contribution is 0.141. The van der Waals surface area contributed by atoms with Crippen molar-refractivity contribution in [3.8, 4) is 0 Å². The minimum atomic E-state index is -0.618. The first-order valence-corrected chi connectivity index (χ1v) is 7.49. The summed E-state index contributed by atoms with van der Waals surface area (Å²) in [5, 5.41) is 3.20. The van der Waals surface area contributed by atoms with Crippen molar-refractivity contribution < 1.29 is 9.53 Å². The van der Waals surface area contributed by atoms with Gasteiger partial charge in [0.2, 0.25) is 0 Å².